The Kier molecular flexibility index (Phi) is 7.28. The second-order valence-electron chi connectivity index (χ2n) is 6.08. The molecule has 2 N–H and O–H groups in total. The molecule has 1 heterocycles. The van der Waals surface area contributed by atoms with Crippen molar-refractivity contribution in [2.24, 2.45) is 0 Å². The summed E-state index contributed by atoms with van der Waals surface area (Å²) in [6.45, 7) is 7.79. The molecule has 26 heavy (non-hydrogen) atoms. The number of hydrogen-bond acceptors (Lipinski definition) is 5. The highest BCUT2D eigenvalue weighted by molar-refractivity contribution is 8.00. The Balaban J connectivity index is 2.02. The molecule has 2 atom stereocenters. The number of carbonyl (C=O) groups excluding carboxylic acids is 1. The molecule has 8 heteroatoms. The van der Waals surface area contributed by atoms with Gasteiger partial charge in [-0.1, -0.05) is 19.9 Å². The van der Waals surface area contributed by atoms with E-state index in [1.54, 1.807) is 23.2 Å². The minimum atomic E-state index is -3.68. The Morgan fingerprint density at radius 3 is 2.58 bits per heavy atom. The summed E-state index contributed by atoms with van der Waals surface area (Å²) in [5.41, 5.74) is 1.63. The normalized spacial score (nSPS) is 14.0. The molecule has 0 saturated heterocycles. The predicted octanol–water partition coefficient (Wildman–Crippen LogP) is 4.25. The van der Waals surface area contributed by atoms with Gasteiger partial charge in [0.05, 0.1) is 6.04 Å². The number of sulfonamides is 1. The second kappa shape index (κ2) is 9.03. The Bertz CT molecular complexity index is 849. The van der Waals surface area contributed by atoms with Crippen LogP contribution in [0.4, 0.5) is 5.69 Å². The lowest BCUT2D eigenvalue weighted by molar-refractivity contribution is -0.117. The van der Waals surface area contributed by atoms with Gasteiger partial charge in [0.15, 0.2) is 0 Å². The van der Waals surface area contributed by atoms with E-state index in [9.17, 15) is 13.2 Å². The zero-order valence-electron chi connectivity index (χ0n) is 15.3. The smallest absolute Gasteiger partial charge is 0.250 e. The molecule has 2 unspecified atom stereocenters. The quantitative estimate of drug-likeness (QED) is 0.636. The Morgan fingerprint density at radius 2 is 2.00 bits per heavy atom. The first-order chi connectivity index (χ1) is 12.2. The maximum Gasteiger partial charge on any atom is 0.250 e. The van der Waals surface area contributed by atoms with Gasteiger partial charge in [0.25, 0.3) is 10.0 Å². The van der Waals surface area contributed by atoms with E-state index in [1.165, 1.54) is 13.0 Å². The number of benzene rings is 1. The highest BCUT2D eigenvalue weighted by atomic mass is 32.2. The van der Waals surface area contributed by atoms with Crippen molar-refractivity contribution in [2.75, 3.05) is 5.32 Å². The number of thiophene rings is 1. The van der Waals surface area contributed by atoms with Crippen molar-refractivity contribution in [3.8, 4) is 0 Å². The van der Waals surface area contributed by atoms with E-state index in [4.69, 9.17) is 0 Å². The first kappa shape index (κ1) is 21.0. The van der Waals surface area contributed by atoms with Gasteiger partial charge in [-0.2, -0.15) is 4.72 Å². The van der Waals surface area contributed by atoms with E-state index >= 15 is 0 Å². The van der Waals surface area contributed by atoms with Gasteiger partial charge < -0.3 is 5.32 Å². The van der Waals surface area contributed by atoms with Crippen LogP contribution in [-0.4, -0.2) is 25.6 Å². The molecule has 2 rings (SSSR count). The molecule has 0 aliphatic heterocycles. The number of aryl methyl sites for hydroxylation is 1. The van der Waals surface area contributed by atoms with Crippen molar-refractivity contribution in [1.82, 2.24) is 4.72 Å². The van der Waals surface area contributed by atoms with Crippen molar-refractivity contribution >= 4 is 44.7 Å². The Labute approximate surface area is 163 Å². The van der Waals surface area contributed by atoms with Gasteiger partial charge in [-0.3, -0.25) is 4.79 Å². The van der Waals surface area contributed by atoms with Crippen LogP contribution < -0.4 is 10.0 Å². The zero-order chi connectivity index (χ0) is 19.3. The Morgan fingerprint density at radius 1 is 1.27 bits per heavy atom. The summed E-state index contributed by atoms with van der Waals surface area (Å²) in [6, 6.07) is 8.16. The lowest BCUT2D eigenvalue weighted by atomic mass is 10.2. The largest absolute Gasteiger partial charge is 0.324 e. The summed E-state index contributed by atoms with van der Waals surface area (Å²) in [6.07, 6.45) is 1.09. The molecule has 1 aromatic heterocycles. The van der Waals surface area contributed by atoms with Crippen LogP contribution in [0.15, 0.2) is 44.8 Å². The third-order valence-electron chi connectivity index (χ3n) is 3.85. The third kappa shape index (κ3) is 5.57. The fourth-order valence-electron chi connectivity index (χ4n) is 2.17. The Hall–Kier alpha value is -1.35. The van der Waals surface area contributed by atoms with Crippen LogP contribution >= 0.6 is 23.1 Å². The molecule has 0 saturated carbocycles. The number of hydrogen-bond donors (Lipinski definition) is 2. The lowest BCUT2D eigenvalue weighted by Crippen LogP contribution is -2.41. The van der Waals surface area contributed by atoms with Crippen LogP contribution in [0.1, 0.15) is 32.8 Å². The predicted molar refractivity (Wildman–Crippen MR) is 110 cm³/mol. The van der Waals surface area contributed by atoms with Crippen LogP contribution in [-0.2, 0) is 14.8 Å². The second-order valence-corrected chi connectivity index (χ2v) is 10.5. The molecule has 0 radical (unpaired) electrons. The fraction of sp³-hybridized carbons (Fsp3) is 0.389. The number of amides is 1. The van der Waals surface area contributed by atoms with Crippen molar-refractivity contribution < 1.29 is 13.2 Å². The van der Waals surface area contributed by atoms with Crippen molar-refractivity contribution in [3.05, 3.63) is 41.3 Å². The van der Waals surface area contributed by atoms with Gasteiger partial charge in [0, 0.05) is 15.8 Å². The number of thioether (sulfide) groups is 1. The summed E-state index contributed by atoms with van der Waals surface area (Å²) in [7, 11) is -3.68. The maximum absolute atomic E-state index is 12.4. The number of anilines is 1. The minimum Gasteiger partial charge on any atom is -0.324 e. The van der Waals surface area contributed by atoms with Crippen LogP contribution in [0.5, 0.6) is 0 Å². The third-order valence-corrected chi connectivity index (χ3v) is 8.05. The molecule has 0 aliphatic carbocycles. The molecule has 1 aromatic carbocycles. The highest BCUT2D eigenvalue weighted by Crippen LogP contribution is 2.28. The van der Waals surface area contributed by atoms with Gasteiger partial charge in [-0.15, -0.1) is 23.1 Å². The minimum absolute atomic E-state index is 0.194. The van der Waals surface area contributed by atoms with E-state index in [0.29, 0.717) is 10.9 Å². The molecule has 0 fully saturated rings. The lowest BCUT2D eigenvalue weighted by Gasteiger charge is -2.16. The van der Waals surface area contributed by atoms with E-state index < -0.39 is 22.0 Å². The van der Waals surface area contributed by atoms with Crippen molar-refractivity contribution in [2.45, 2.75) is 54.5 Å². The topological polar surface area (TPSA) is 75.3 Å². The summed E-state index contributed by atoms with van der Waals surface area (Å²) < 4.78 is 27.0. The van der Waals surface area contributed by atoms with Gasteiger partial charge in [0.2, 0.25) is 5.91 Å². The molecule has 0 aliphatic rings. The van der Waals surface area contributed by atoms with Gasteiger partial charge in [-0.05, 0) is 55.5 Å². The number of carbonyl (C=O) groups is 1. The zero-order valence-corrected chi connectivity index (χ0v) is 17.7. The standard InChI is InChI=1S/C18H24N2O3S3/c1-5-13(3)25-15-8-9-16(12(2)11-15)19-18(21)14(4)20-26(22,23)17-7-6-10-24-17/h6-11,13-14,20H,5H2,1-4H3,(H,19,21). The molecule has 2 aromatic rings. The van der Waals surface area contributed by atoms with E-state index in [1.807, 2.05) is 25.1 Å². The molecule has 142 valence electrons. The highest BCUT2D eigenvalue weighted by Gasteiger charge is 2.23. The molecule has 1 amide bonds. The monoisotopic (exact) mass is 412 g/mol. The summed E-state index contributed by atoms with van der Waals surface area (Å²) >= 11 is 2.91. The SMILES string of the molecule is CCC(C)Sc1ccc(NC(=O)C(C)NS(=O)(=O)c2cccs2)c(C)c1. The summed E-state index contributed by atoms with van der Waals surface area (Å²) in [4.78, 5) is 13.5. The molecule has 0 spiro atoms. The first-order valence-corrected chi connectivity index (χ1v) is 11.6. The first-order valence-electron chi connectivity index (χ1n) is 8.37. The van der Waals surface area contributed by atoms with Crippen LogP contribution in [0.3, 0.4) is 0 Å². The van der Waals surface area contributed by atoms with Crippen molar-refractivity contribution in [3.63, 3.8) is 0 Å². The van der Waals surface area contributed by atoms with E-state index in [2.05, 4.69) is 23.9 Å². The van der Waals surface area contributed by atoms with Crippen LogP contribution in [0.25, 0.3) is 0 Å². The van der Waals surface area contributed by atoms with Gasteiger partial charge >= 0.3 is 0 Å². The average molecular weight is 413 g/mol. The molecule has 0 bridgehead atoms. The fourth-order valence-corrected chi connectivity index (χ4v) is 5.40. The summed E-state index contributed by atoms with van der Waals surface area (Å²) in [5.74, 6) is -0.393. The van der Waals surface area contributed by atoms with Crippen molar-refractivity contribution in [1.29, 1.82) is 0 Å². The van der Waals surface area contributed by atoms with Gasteiger partial charge in [-0.25, -0.2) is 8.42 Å². The molecule has 5 nitrogen and oxygen atoms in total. The number of rotatable bonds is 8. The maximum atomic E-state index is 12.4. The average Bonchev–Trinajstić information content (AvgIpc) is 3.12. The van der Waals surface area contributed by atoms with E-state index in [-0.39, 0.29) is 4.21 Å². The molecular weight excluding hydrogens is 388 g/mol. The summed E-state index contributed by atoms with van der Waals surface area (Å²) in [5, 5.41) is 5.01. The van der Waals surface area contributed by atoms with E-state index in [0.717, 1.165) is 28.2 Å². The molecular formula is C18H24N2O3S3. The van der Waals surface area contributed by atoms with Crippen LogP contribution in [0.2, 0.25) is 0 Å². The number of nitrogens with one attached hydrogen (secondary N) is 2. The van der Waals surface area contributed by atoms with Crippen LogP contribution in [0, 0.1) is 6.92 Å². The van der Waals surface area contributed by atoms with Gasteiger partial charge in [0.1, 0.15) is 4.21 Å².